The Bertz CT molecular complexity index is 886. The number of hydrogen-bond acceptors (Lipinski definition) is 3. The highest BCUT2D eigenvalue weighted by Crippen LogP contribution is 2.48. The summed E-state index contributed by atoms with van der Waals surface area (Å²) in [5, 5.41) is 19.6. The molecule has 0 aromatic heterocycles. The average molecular weight is 395 g/mol. The molecular weight excluding hydrogens is 379 g/mol. The van der Waals surface area contributed by atoms with Crippen LogP contribution in [0, 0.1) is 12.8 Å². The lowest BCUT2D eigenvalue weighted by molar-refractivity contribution is -0.144. The molecule has 0 saturated carbocycles. The van der Waals surface area contributed by atoms with Crippen molar-refractivity contribution in [2.75, 3.05) is 0 Å². The summed E-state index contributed by atoms with van der Waals surface area (Å²) in [4.78, 5) is 23.0. The van der Waals surface area contributed by atoms with Gasteiger partial charge in [0, 0.05) is 15.6 Å². The zero-order valence-corrected chi connectivity index (χ0v) is 15.5. The van der Waals surface area contributed by atoms with Gasteiger partial charge in [-0.1, -0.05) is 23.2 Å². The first-order chi connectivity index (χ1) is 12.2. The molecule has 136 valence electrons. The molecule has 0 radical (unpaired) electrons. The molecule has 3 unspecified atom stereocenters. The summed E-state index contributed by atoms with van der Waals surface area (Å²) in [5.41, 5.74) is 2.18. The summed E-state index contributed by atoms with van der Waals surface area (Å²) in [6.45, 7) is 3.39. The van der Waals surface area contributed by atoms with Gasteiger partial charge >= 0.3 is 11.9 Å². The van der Waals surface area contributed by atoms with E-state index in [9.17, 15) is 19.8 Å². The number of hydrogen-bond donors (Lipinski definition) is 2. The number of aryl methyl sites for hydroxylation is 1. The topological polar surface area (TPSA) is 83.8 Å². The average Bonchev–Trinajstić information content (AvgIpc) is 2.91. The Kier molecular flexibility index (Phi) is 4.86. The number of halogens is 2. The molecule has 7 heteroatoms. The molecule has 1 heterocycles. The van der Waals surface area contributed by atoms with Gasteiger partial charge in [0.25, 0.3) is 0 Å². The maximum absolute atomic E-state index is 11.6. The fraction of sp³-hybridized carbons (Fsp3) is 0.263. The van der Waals surface area contributed by atoms with Gasteiger partial charge in [-0.25, -0.2) is 4.79 Å². The van der Waals surface area contributed by atoms with Crippen LogP contribution in [-0.4, -0.2) is 28.3 Å². The molecule has 26 heavy (non-hydrogen) atoms. The summed E-state index contributed by atoms with van der Waals surface area (Å²) in [7, 11) is 0. The molecule has 2 aromatic rings. The molecule has 0 spiro atoms. The standard InChI is InChI=1S/C19H16Cl2O5/c1-8-5-11(20)7-13(21)15(8)16-12-6-10(19(24)25)3-4-14(12)26-17(16)9(2)18(22)23/h3-7,9,16-17H,1-2H3,(H,22,23)(H,24,25). The molecule has 0 fully saturated rings. The van der Waals surface area contributed by atoms with Crippen molar-refractivity contribution in [2.45, 2.75) is 25.9 Å². The molecule has 3 atom stereocenters. The smallest absolute Gasteiger partial charge is 0.335 e. The van der Waals surface area contributed by atoms with Gasteiger partial charge in [-0.05, 0) is 55.3 Å². The monoisotopic (exact) mass is 394 g/mol. The molecule has 2 N–H and O–H groups in total. The van der Waals surface area contributed by atoms with Gasteiger partial charge in [-0.2, -0.15) is 0 Å². The number of carbonyl (C=O) groups is 2. The van der Waals surface area contributed by atoms with Crippen LogP contribution in [0.2, 0.25) is 10.0 Å². The van der Waals surface area contributed by atoms with Gasteiger partial charge in [-0.3, -0.25) is 4.79 Å². The Labute approximate surface area is 160 Å². The Morgan fingerprint density at radius 3 is 2.42 bits per heavy atom. The van der Waals surface area contributed by atoms with E-state index in [0.717, 1.165) is 5.56 Å². The second-order valence-electron chi connectivity index (χ2n) is 6.36. The Morgan fingerprint density at radius 2 is 1.85 bits per heavy atom. The third kappa shape index (κ3) is 3.13. The fourth-order valence-corrected chi connectivity index (χ4v) is 4.09. The van der Waals surface area contributed by atoms with Crippen LogP contribution >= 0.6 is 23.2 Å². The number of rotatable bonds is 4. The minimum absolute atomic E-state index is 0.101. The van der Waals surface area contributed by atoms with E-state index in [4.69, 9.17) is 27.9 Å². The Balaban J connectivity index is 2.23. The van der Waals surface area contributed by atoms with Crippen LogP contribution in [0.15, 0.2) is 30.3 Å². The third-order valence-electron chi connectivity index (χ3n) is 4.68. The van der Waals surface area contributed by atoms with Crippen molar-refractivity contribution in [1.82, 2.24) is 0 Å². The first-order valence-electron chi connectivity index (χ1n) is 7.93. The third-order valence-corrected chi connectivity index (χ3v) is 5.21. The molecule has 2 aromatic carbocycles. The summed E-state index contributed by atoms with van der Waals surface area (Å²) < 4.78 is 5.91. The van der Waals surface area contributed by atoms with E-state index >= 15 is 0 Å². The van der Waals surface area contributed by atoms with E-state index in [1.54, 1.807) is 25.1 Å². The van der Waals surface area contributed by atoms with Crippen LogP contribution in [0.3, 0.4) is 0 Å². The maximum Gasteiger partial charge on any atom is 0.335 e. The number of carboxylic acid groups (broad SMARTS) is 2. The number of carboxylic acids is 2. The predicted octanol–water partition coefficient (Wildman–Crippen LogP) is 4.61. The molecule has 5 nitrogen and oxygen atoms in total. The predicted molar refractivity (Wildman–Crippen MR) is 97.7 cm³/mol. The first kappa shape index (κ1) is 18.5. The highest BCUT2D eigenvalue weighted by molar-refractivity contribution is 6.35. The molecule has 3 rings (SSSR count). The van der Waals surface area contributed by atoms with Crippen LogP contribution in [0.5, 0.6) is 5.75 Å². The molecular formula is C19H16Cl2O5. The molecule has 1 aliphatic heterocycles. The Morgan fingerprint density at radius 1 is 1.15 bits per heavy atom. The molecule has 0 saturated heterocycles. The van der Waals surface area contributed by atoms with Gasteiger partial charge in [-0.15, -0.1) is 0 Å². The van der Waals surface area contributed by atoms with E-state index in [1.807, 2.05) is 6.92 Å². The summed E-state index contributed by atoms with van der Waals surface area (Å²) >= 11 is 12.5. The highest BCUT2D eigenvalue weighted by Gasteiger charge is 2.43. The number of benzene rings is 2. The largest absolute Gasteiger partial charge is 0.488 e. The first-order valence-corrected chi connectivity index (χ1v) is 8.68. The van der Waals surface area contributed by atoms with E-state index < -0.39 is 29.9 Å². The summed E-state index contributed by atoms with van der Waals surface area (Å²) in [6.07, 6.45) is -0.719. The molecule has 0 bridgehead atoms. The van der Waals surface area contributed by atoms with Crippen molar-refractivity contribution < 1.29 is 24.5 Å². The summed E-state index contributed by atoms with van der Waals surface area (Å²) in [5.74, 6) is -2.95. The minimum Gasteiger partial charge on any atom is -0.488 e. The lowest BCUT2D eigenvalue weighted by Gasteiger charge is -2.25. The highest BCUT2D eigenvalue weighted by atomic mass is 35.5. The van der Waals surface area contributed by atoms with Crippen molar-refractivity contribution in [3.05, 3.63) is 62.6 Å². The fourth-order valence-electron chi connectivity index (χ4n) is 3.38. The summed E-state index contributed by atoms with van der Waals surface area (Å²) in [6, 6.07) is 7.83. The molecule has 0 aliphatic carbocycles. The van der Waals surface area contributed by atoms with Crippen LogP contribution in [0.4, 0.5) is 0 Å². The molecule has 0 amide bonds. The van der Waals surface area contributed by atoms with E-state index in [1.165, 1.54) is 12.1 Å². The number of aromatic carboxylic acids is 1. The van der Waals surface area contributed by atoms with Crippen LogP contribution in [0.1, 0.15) is 39.9 Å². The van der Waals surface area contributed by atoms with Crippen LogP contribution < -0.4 is 4.74 Å². The van der Waals surface area contributed by atoms with Crippen molar-refractivity contribution in [3.8, 4) is 5.75 Å². The lowest BCUT2D eigenvalue weighted by Crippen LogP contribution is -2.33. The zero-order chi connectivity index (χ0) is 19.2. The molecule has 1 aliphatic rings. The van der Waals surface area contributed by atoms with Crippen LogP contribution in [-0.2, 0) is 4.79 Å². The maximum atomic E-state index is 11.6. The van der Waals surface area contributed by atoms with Gasteiger partial charge < -0.3 is 14.9 Å². The SMILES string of the molecule is Cc1cc(Cl)cc(Cl)c1C1c2cc(C(=O)O)ccc2OC1C(C)C(=O)O. The van der Waals surface area contributed by atoms with Gasteiger partial charge in [0.05, 0.1) is 17.4 Å². The normalized spacial score (nSPS) is 19.5. The van der Waals surface area contributed by atoms with Crippen molar-refractivity contribution in [1.29, 1.82) is 0 Å². The van der Waals surface area contributed by atoms with E-state index in [2.05, 4.69) is 0 Å². The number of ether oxygens (including phenoxy) is 1. The minimum atomic E-state index is -1.07. The Hall–Kier alpha value is -2.24. The lowest BCUT2D eigenvalue weighted by atomic mass is 9.81. The van der Waals surface area contributed by atoms with Crippen molar-refractivity contribution in [2.24, 2.45) is 5.92 Å². The van der Waals surface area contributed by atoms with Gasteiger partial charge in [0.15, 0.2) is 0 Å². The van der Waals surface area contributed by atoms with E-state index in [-0.39, 0.29) is 5.56 Å². The second-order valence-corrected chi connectivity index (χ2v) is 7.21. The van der Waals surface area contributed by atoms with Gasteiger partial charge in [0.1, 0.15) is 11.9 Å². The number of aliphatic carboxylic acids is 1. The second kappa shape index (κ2) is 6.82. The van der Waals surface area contributed by atoms with Crippen molar-refractivity contribution >= 4 is 35.1 Å². The van der Waals surface area contributed by atoms with Crippen molar-refractivity contribution in [3.63, 3.8) is 0 Å². The van der Waals surface area contributed by atoms with Crippen LogP contribution in [0.25, 0.3) is 0 Å². The zero-order valence-electron chi connectivity index (χ0n) is 14.0. The van der Waals surface area contributed by atoms with Gasteiger partial charge in [0.2, 0.25) is 0 Å². The quantitative estimate of drug-likeness (QED) is 0.790. The number of fused-ring (bicyclic) bond motifs is 1. The van der Waals surface area contributed by atoms with E-state index in [0.29, 0.717) is 26.9 Å².